The lowest BCUT2D eigenvalue weighted by atomic mass is 10.0. The fourth-order valence-corrected chi connectivity index (χ4v) is 3.33. The first-order valence-electron chi connectivity index (χ1n) is 8.64. The number of rotatable bonds is 7. The van der Waals surface area contributed by atoms with E-state index in [1.807, 2.05) is 0 Å². The highest BCUT2D eigenvalue weighted by molar-refractivity contribution is 5.88. The van der Waals surface area contributed by atoms with Crippen molar-refractivity contribution in [1.82, 2.24) is 20.8 Å². The van der Waals surface area contributed by atoms with Crippen LogP contribution in [0.3, 0.4) is 0 Å². The van der Waals surface area contributed by atoms with Crippen LogP contribution in [0, 0.1) is 0 Å². The number of carbonyl (C=O) groups excluding carboxylic acids is 3. The standard InChI is InChI=1S/C15H24N4O6/c1-2-23-13(20)9-24-19-10-3-4-12(18(8-10)15(19)22)14(21)17-25-11-5-6-16-7-11/h10-12,16H,2-9H2,1H3,(H,17,21)/t10?,11-,12?/m1/s1. The Balaban J connectivity index is 1.51. The summed E-state index contributed by atoms with van der Waals surface area (Å²) >= 11 is 0. The molecule has 0 aliphatic carbocycles. The molecule has 10 heteroatoms. The normalized spacial score (nSPS) is 28.4. The Morgan fingerprint density at radius 3 is 2.88 bits per heavy atom. The van der Waals surface area contributed by atoms with Crippen LogP contribution in [0.5, 0.6) is 0 Å². The number of esters is 1. The van der Waals surface area contributed by atoms with Gasteiger partial charge in [0.15, 0.2) is 6.61 Å². The molecule has 2 N–H and O–H groups in total. The zero-order valence-electron chi connectivity index (χ0n) is 14.2. The van der Waals surface area contributed by atoms with E-state index in [1.54, 1.807) is 6.92 Å². The number of ether oxygens (including phenoxy) is 1. The largest absolute Gasteiger partial charge is 0.464 e. The van der Waals surface area contributed by atoms with E-state index >= 15 is 0 Å². The van der Waals surface area contributed by atoms with E-state index in [2.05, 4.69) is 10.8 Å². The van der Waals surface area contributed by atoms with Gasteiger partial charge in [-0.3, -0.25) is 14.5 Å². The Morgan fingerprint density at radius 2 is 2.16 bits per heavy atom. The van der Waals surface area contributed by atoms with Crippen LogP contribution < -0.4 is 10.8 Å². The number of nitrogens with one attached hydrogen (secondary N) is 2. The summed E-state index contributed by atoms with van der Waals surface area (Å²) in [5.74, 6) is -0.856. The van der Waals surface area contributed by atoms with Crippen LogP contribution in [-0.4, -0.2) is 78.9 Å². The topological polar surface area (TPSA) is 109 Å². The molecule has 0 aromatic carbocycles. The lowest BCUT2D eigenvalue weighted by Crippen LogP contribution is -2.50. The predicted octanol–water partition coefficient (Wildman–Crippen LogP) is -0.841. The minimum Gasteiger partial charge on any atom is -0.464 e. The van der Waals surface area contributed by atoms with Gasteiger partial charge in [0.1, 0.15) is 6.04 Å². The molecule has 3 heterocycles. The second-order valence-electron chi connectivity index (χ2n) is 6.29. The van der Waals surface area contributed by atoms with Crippen LogP contribution in [-0.2, 0) is 24.0 Å². The van der Waals surface area contributed by atoms with Gasteiger partial charge in [0.25, 0.3) is 5.91 Å². The Labute approximate surface area is 145 Å². The summed E-state index contributed by atoms with van der Waals surface area (Å²) in [5.41, 5.74) is 2.47. The number of fused-ring (bicyclic) bond motifs is 2. The van der Waals surface area contributed by atoms with E-state index in [1.165, 1.54) is 9.96 Å². The molecule has 2 bridgehead atoms. The highest BCUT2D eigenvalue weighted by Crippen LogP contribution is 2.30. The average Bonchev–Trinajstić information content (AvgIpc) is 3.20. The zero-order chi connectivity index (χ0) is 17.8. The molecule has 3 saturated heterocycles. The molecule has 2 unspecified atom stereocenters. The molecule has 0 aromatic rings. The summed E-state index contributed by atoms with van der Waals surface area (Å²) in [6, 6.07) is -1.16. The van der Waals surface area contributed by atoms with Crippen LogP contribution in [0.15, 0.2) is 0 Å². The maximum atomic E-state index is 12.5. The van der Waals surface area contributed by atoms with Crippen LogP contribution in [0.4, 0.5) is 4.79 Å². The highest BCUT2D eigenvalue weighted by Gasteiger charge is 2.48. The minimum absolute atomic E-state index is 0.0426. The molecule has 0 radical (unpaired) electrons. The molecule has 140 valence electrons. The summed E-state index contributed by atoms with van der Waals surface area (Å²) in [6.07, 6.45) is 1.94. The number of urea groups is 1. The van der Waals surface area contributed by atoms with Gasteiger partial charge in [0, 0.05) is 13.1 Å². The first kappa shape index (κ1) is 17.9. The van der Waals surface area contributed by atoms with Crippen molar-refractivity contribution in [2.45, 2.75) is 44.4 Å². The Morgan fingerprint density at radius 1 is 1.32 bits per heavy atom. The maximum absolute atomic E-state index is 12.5. The molecule has 3 atom stereocenters. The second kappa shape index (κ2) is 7.98. The molecule has 3 amide bonds. The van der Waals surface area contributed by atoms with Gasteiger partial charge in [-0.1, -0.05) is 0 Å². The zero-order valence-corrected chi connectivity index (χ0v) is 14.2. The fourth-order valence-electron chi connectivity index (χ4n) is 3.33. The van der Waals surface area contributed by atoms with Gasteiger partial charge in [-0.2, -0.15) is 5.06 Å². The van der Waals surface area contributed by atoms with Gasteiger partial charge in [0.05, 0.1) is 18.8 Å². The number of hydrogen-bond donors (Lipinski definition) is 2. The van der Waals surface area contributed by atoms with Crippen molar-refractivity contribution < 1.29 is 28.8 Å². The average molecular weight is 356 g/mol. The number of hydrogen-bond acceptors (Lipinski definition) is 7. The third-order valence-electron chi connectivity index (χ3n) is 4.59. The van der Waals surface area contributed by atoms with Crippen molar-refractivity contribution in [3.8, 4) is 0 Å². The van der Waals surface area contributed by atoms with E-state index in [0.29, 0.717) is 25.9 Å². The summed E-state index contributed by atoms with van der Waals surface area (Å²) in [7, 11) is 0. The number of hydroxylamine groups is 3. The summed E-state index contributed by atoms with van der Waals surface area (Å²) in [6.45, 7) is 3.59. The van der Waals surface area contributed by atoms with Gasteiger partial charge in [-0.15, -0.1) is 0 Å². The maximum Gasteiger partial charge on any atom is 0.345 e. The van der Waals surface area contributed by atoms with Crippen molar-refractivity contribution in [3.05, 3.63) is 0 Å². The fraction of sp³-hybridized carbons (Fsp3) is 0.800. The Hall–Kier alpha value is -1.91. The van der Waals surface area contributed by atoms with Crippen molar-refractivity contribution in [1.29, 1.82) is 0 Å². The van der Waals surface area contributed by atoms with Gasteiger partial charge in [-0.05, 0) is 32.7 Å². The second-order valence-corrected chi connectivity index (χ2v) is 6.29. The molecule has 0 aromatic heterocycles. The first-order valence-corrected chi connectivity index (χ1v) is 8.64. The third kappa shape index (κ3) is 4.02. The van der Waals surface area contributed by atoms with Crippen molar-refractivity contribution in [2.24, 2.45) is 0 Å². The van der Waals surface area contributed by atoms with Crippen LogP contribution in [0.1, 0.15) is 26.2 Å². The van der Waals surface area contributed by atoms with Crippen LogP contribution >= 0.6 is 0 Å². The monoisotopic (exact) mass is 356 g/mol. The summed E-state index contributed by atoms with van der Waals surface area (Å²) < 4.78 is 4.79. The molecule has 25 heavy (non-hydrogen) atoms. The predicted molar refractivity (Wildman–Crippen MR) is 83.8 cm³/mol. The van der Waals surface area contributed by atoms with Crippen LogP contribution in [0.25, 0.3) is 0 Å². The molecule has 3 aliphatic heterocycles. The molecular weight excluding hydrogens is 332 g/mol. The van der Waals surface area contributed by atoms with Gasteiger partial charge in [0.2, 0.25) is 0 Å². The van der Waals surface area contributed by atoms with Gasteiger partial charge in [-0.25, -0.2) is 15.1 Å². The molecule has 3 aliphatic rings. The quantitative estimate of drug-likeness (QED) is 0.452. The van der Waals surface area contributed by atoms with E-state index in [0.717, 1.165) is 13.0 Å². The Kier molecular flexibility index (Phi) is 5.71. The number of nitrogens with zero attached hydrogens (tertiary/aromatic N) is 2. The van der Waals surface area contributed by atoms with E-state index in [4.69, 9.17) is 14.4 Å². The number of carbonyl (C=O) groups is 3. The van der Waals surface area contributed by atoms with Gasteiger partial charge < -0.3 is 15.0 Å². The van der Waals surface area contributed by atoms with E-state index in [9.17, 15) is 14.4 Å². The summed E-state index contributed by atoms with van der Waals surface area (Å²) in [4.78, 5) is 48.4. The molecule has 0 saturated carbocycles. The van der Waals surface area contributed by atoms with Crippen molar-refractivity contribution in [3.63, 3.8) is 0 Å². The number of piperidine rings is 1. The molecule has 3 fully saturated rings. The Bertz CT molecular complexity index is 524. The highest BCUT2D eigenvalue weighted by atomic mass is 16.7. The number of amides is 3. The SMILES string of the molecule is CCOC(=O)CON1C(=O)N2CC1CCC2C(=O)NO[C@@H]1CCNC1. The lowest BCUT2D eigenvalue weighted by Gasteiger charge is -2.29. The van der Waals surface area contributed by atoms with E-state index in [-0.39, 0.29) is 31.3 Å². The lowest BCUT2D eigenvalue weighted by molar-refractivity contribution is -0.172. The third-order valence-corrected chi connectivity index (χ3v) is 4.59. The molecule has 10 nitrogen and oxygen atoms in total. The van der Waals surface area contributed by atoms with Crippen molar-refractivity contribution in [2.75, 3.05) is 32.8 Å². The van der Waals surface area contributed by atoms with Crippen molar-refractivity contribution >= 4 is 17.9 Å². The summed E-state index contributed by atoms with van der Waals surface area (Å²) in [5, 5.41) is 4.33. The molecule has 0 spiro atoms. The van der Waals surface area contributed by atoms with Crippen LogP contribution in [0.2, 0.25) is 0 Å². The first-order chi connectivity index (χ1) is 12.1. The molecular formula is C15H24N4O6. The van der Waals surface area contributed by atoms with Gasteiger partial charge >= 0.3 is 12.0 Å². The minimum atomic E-state index is -0.589. The smallest absolute Gasteiger partial charge is 0.345 e. The molecule has 3 rings (SSSR count). The van der Waals surface area contributed by atoms with E-state index < -0.39 is 18.0 Å².